The van der Waals surface area contributed by atoms with Crippen LogP contribution in [-0.2, 0) is 4.79 Å². The van der Waals surface area contributed by atoms with Gasteiger partial charge in [-0.05, 0) is 25.0 Å². The van der Waals surface area contributed by atoms with E-state index >= 15 is 0 Å². The van der Waals surface area contributed by atoms with Gasteiger partial charge in [0.25, 0.3) is 0 Å². The summed E-state index contributed by atoms with van der Waals surface area (Å²) >= 11 is 1.29. The number of carboxylic acids is 1. The van der Waals surface area contributed by atoms with Crippen molar-refractivity contribution in [2.45, 2.75) is 43.2 Å². The Morgan fingerprint density at radius 2 is 2.10 bits per heavy atom. The first kappa shape index (κ1) is 15.8. The molecular weight excluding hydrogens is 288 g/mol. The maximum Gasteiger partial charge on any atom is 0.335 e. The van der Waals surface area contributed by atoms with Crippen LogP contribution in [0.1, 0.15) is 42.5 Å². The van der Waals surface area contributed by atoms with Crippen LogP contribution in [-0.4, -0.2) is 45.7 Å². The molecule has 0 saturated heterocycles. The molecule has 0 aromatic carbocycles. The molecule has 0 atom stereocenters. The van der Waals surface area contributed by atoms with Crippen LogP contribution in [0.5, 0.6) is 0 Å². The molecule has 0 unspecified atom stereocenters. The molecule has 0 bridgehead atoms. The van der Waals surface area contributed by atoms with Crippen LogP contribution in [0.3, 0.4) is 0 Å². The van der Waals surface area contributed by atoms with Crippen molar-refractivity contribution in [1.82, 2.24) is 9.88 Å². The summed E-state index contributed by atoms with van der Waals surface area (Å²) in [6.45, 7) is 0. The van der Waals surface area contributed by atoms with Crippen LogP contribution < -0.4 is 0 Å². The predicted molar refractivity (Wildman–Crippen MR) is 81.6 cm³/mol. The zero-order chi connectivity index (χ0) is 15.2. The third kappa shape index (κ3) is 4.46. The minimum atomic E-state index is -0.982. The molecule has 1 N–H and O–H groups in total. The Labute approximate surface area is 128 Å². The van der Waals surface area contributed by atoms with E-state index in [4.69, 9.17) is 5.11 Å². The van der Waals surface area contributed by atoms with E-state index in [1.807, 2.05) is 11.9 Å². The molecule has 1 heterocycles. The van der Waals surface area contributed by atoms with Crippen LogP contribution in [0.25, 0.3) is 0 Å². The van der Waals surface area contributed by atoms with Gasteiger partial charge in [-0.1, -0.05) is 31.0 Å². The highest BCUT2D eigenvalue weighted by Gasteiger charge is 2.22. The van der Waals surface area contributed by atoms with Gasteiger partial charge in [-0.15, -0.1) is 0 Å². The summed E-state index contributed by atoms with van der Waals surface area (Å²) in [4.78, 5) is 29.0. The van der Waals surface area contributed by atoms with Crippen molar-refractivity contribution in [1.29, 1.82) is 0 Å². The second kappa shape index (κ2) is 7.45. The van der Waals surface area contributed by atoms with Crippen molar-refractivity contribution in [2.75, 3.05) is 12.8 Å². The number of carbonyl (C=O) groups is 2. The van der Waals surface area contributed by atoms with Crippen molar-refractivity contribution in [3.63, 3.8) is 0 Å². The predicted octanol–water partition coefficient (Wildman–Crippen LogP) is 2.66. The lowest BCUT2D eigenvalue weighted by Gasteiger charge is -2.31. The van der Waals surface area contributed by atoms with Gasteiger partial charge in [0.2, 0.25) is 5.91 Å². The number of hydrogen-bond acceptors (Lipinski definition) is 4. The summed E-state index contributed by atoms with van der Waals surface area (Å²) in [6, 6.07) is 3.30. The Bertz CT molecular complexity index is 515. The maximum atomic E-state index is 12.2. The lowest BCUT2D eigenvalue weighted by atomic mass is 9.94. The average molecular weight is 308 g/mol. The van der Waals surface area contributed by atoms with Crippen LogP contribution in [0, 0.1) is 0 Å². The lowest BCUT2D eigenvalue weighted by Crippen LogP contribution is -2.39. The topological polar surface area (TPSA) is 70.5 Å². The van der Waals surface area contributed by atoms with Crippen molar-refractivity contribution < 1.29 is 14.7 Å². The number of aromatic nitrogens is 1. The van der Waals surface area contributed by atoms with E-state index in [1.165, 1.54) is 49.4 Å². The van der Waals surface area contributed by atoms with Gasteiger partial charge in [0.15, 0.2) is 0 Å². The molecule has 1 aromatic rings. The Morgan fingerprint density at radius 1 is 1.38 bits per heavy atom. The zero-order valence-corrected chi connectivity index (χ0v) is 12.9. The molecule has 6 heteroatoms. The second-order valence-corrected chi connectivity index (χ2v) is 6.27. The monoisotopic (exact) mass is 308 g/mol. The van der Waals surface area contributed by atoms with E-state index in [9.17, 15) is 9.59 Å². The fourth-order valence-electron chi connectivity index (χ4n) is 2.53. The molecule has 1 saturated carbocycles. The van der Waals surface area contributed by atoms with Gasteiger partial charge in [0.05, 0.1) is 16.3 Å². The summed E-state index contributed by atoms with van der Waals surface area (Å²) in [5, 5.41) is 9.50. The molecule has 1 aliphatic carbocycles. The molecule has 114 valence electrons. The number of aromatic carboxylic acids is 1. The van der Waals surface area contributed by atoms with Crippen LogP contribution in [0.4, 0.5) is 0 Å². The Balaban J connectivity index is 1.88. The number of carbonyl (C=O) groups excluding carboxylic acids is 1. The van der Waals surface area contributed by atoms with E-state index in [1.54, 1.807) is 0 Å². The molecule has 0 radical (unpaired) electrons. The van der Waals surface area contributed by atoms with Gasteiger partial charge in [-0.25, -0.2) is 9.78 Å². The first-order chi connectivity index (χ1) is 10.1. The maximum absolute atomic E-state index is 12.2. The Kier molecular flexibility index (Phi) is 5.61. The number of pyridine rings is 1. The van der Waals surface area contributed by atoms with Crippen molar-refractivity contribution in [3.05, 3.63) is 23.9 Å². The average Bonchev–Trinajstić information content (AvgIpc) is 2.53. The van der Waals surface area contributed by atoms with E-state index < -0.39 is 5.97 Å². The molecule has 1 amide bonds. The molecule has 21 heavy (non-hydrogen) atoms. The molecule has 0 spiro atoms. The third-order valence-corrected chi connectivity index (χ3v) is 4.75. The molecule has 5 nitrogen and oxygen atoms in total. The number of hydrogen-bond donors (Lipinski definition) is 1. The van der Waals surface area contributed by atoms with Gasteiger partial charge in [-0.2, -0.15) is 0 Å². The Hall–Kier alpha value is -1.56. The van der Waals surface area contributed by atoms with Crippen molar-refractivity contribution in [2.24, 2.45) is 0 Å². The van der Waals surface area contributed by atoms with Gasteiger partial charge in [0.1, 0.15) is 0 Å². The molecule has 1 aromatic heterocycles. The molecule has 1 aliphatic rings. The van der Waals surface area contributed by atoms with Crippen LogP contribution in [0.2, 0.25) is 0 Å². The van der Waals surface area contributed by atoms with Gasteiger partial charge < -0.3 is 10.0 Å². The van der Waals surface area contributed by atoms with E-state index in [2.05, 4.69) is 4.98 Å². The number of carboxylic acid groups (broad SMARTS) is 1. The summed E-state index contributed by atoms with van der Waals surface area (Å²) in [6.07, 6.45) is 7.27. The summed E-state index contributed by atoms with van der Waals surface area (Å²) in [7, 11) is 1.86. The SMILES string of the molecule is CN(C(=O)CSc1cc(C(=O)O)ccn1)C1CCCCC1. The largest absolute Gasteiger partial charge is 0.478 e. The van der Waals surface area contributed by atoms with Gasteiger partial charge in [0, 0.05) is 19.3 Å². The molecule has 2 rings (SSSR count). The number of nitrogens with zero attached hydrogens (tertiary/aromatic N) is 2. The smallest absolute Gasteiger partial charge is 0.335 e. The summed E-state index contributed by atoms with van der Waals surface area (Å²) < 4.78 is 0. The fourth-order valence-corrected chi connectivity index (χ4v) is 3.35. The molecule has 1 fully saturated rings. The lowest BCUT2D eigenvalue weighted by molar-refractivity contribution is -0.129. The number of amides is 1. The van der Waals surface area contributed by atoms with Crippen LogP contribution >= 0.6 is 11.8 Å². The Morgan fingerprint density at radius 3 is 2.76 bits per heavy atom. The first-order valence-corrected chi connectivity index (χ1v) is 8.14. The fraction of sp³-hybridized carbons (Fsp3) is 0.533. The quantitative estimate of drug-likeness (QED) is 0.847. The highest BCUT2D eigenvalue weighted by Crippen LogP contribution is 2.23. The molecule has 0 aliphatic heterocycles. The minimum absolute atomic E-state index is 0.0782. The van der Waals surface area contributed by atoms with Crippen molar-refractivity contribution in [3.8, 4) is 0 Å². The van der Waals surface area contributed by atoms with E-state index in [0.29, 0.717) is 16.8 Å². The van der Waals surface area contributed by atoms with E-state index in [-0.39, 0.29) is 11.5 Å². The van der Waals surface area contributed by atoms with E-state index in [0.717, 1.165) is 12.8 Å². The third-order valence-electron chi connectivity index (χ3n) is 3.84. The molecular formula is C15H20N2O3S. The highest BCUT2D eigenvalue weighted by molar-refractivity contribution is 7.99. The van der Waals surface area contributed by atoms with Gasteiger partial charge >= 0.3 is 5.97 Å². The zero-order valence-electron chi connectivity index (χ0n) is 12.1. The summed E-state index contributed by atoms with van der Waals surface area (Å²) in [5.74, 6) is -0.609. The van der Waals surface area contributed by atoms with Gasteiger partial charge in [-0.3, -0.25) is 4.79 Å². The first-order valence-electron chi connectivity index (χ1n) is 7.15. The van der Waals surface area contributed by atoms with Crippen LogP contribution in [0.15, 0.2) is 23.4 Å². The van der Waals surface area contributed by atoms with Crippen molar-refractivity contribution >= 4 is 23.6 Å². The number of thioether (sulfide) groups is 1. The summed E-state index contributed by atoms with van der Waals surface area (Å²) in [5.41, 5.74) is 0.195. The highest BCUT2D eigenvalue weighted by atomic mass is 32.2. The minimum Gasteiger partial charge on any atom is -0.478 e. The normalized spacial score (nSPS) is 15.7. The standard InChI is InChI=1S/C15H20N2O3S/c1-17(12-5-3-2-4-6-12)14(18)10-21-13-9-11(15(19)20)7-8-16-13/h7-9,12H,2-6,10H2,1H3,(H,19,20). The second-order valence-electron chi connectivity index (χ2n) is 5.27. The number of rotatable bonds is 5.